The first-order valence-electron chi connectivity index (χ1n) is 13.4. The zero-order valence-corrected chi connectivity index (χ0v) is 21.1. The molecule has 184 valence electrons. The van der Waals surface area contributed by atoms with Crippen LogP contribution in [-0.4, -0.2) is 18.4 Å². The number of allylic oxidation sites excluding steroid dienone is 6. The van der Waals surface area contributed by atoms with E-state index < -0.39 is 0 Å². The number of esters is 1. The van der Waals surface area contributed by atoms with Gasteiger partial charge in [-0.05, 0) is 32.1 Å². The molecule has 0 aliphatic rings. The Morgan fingerprint density at radius 1 is 0.562 bits per heavy atom. The molecule has 0 fully saturated rings. The number of carbonyl (C=O) groups is 2. The third-order valence-electron chi connectivity index (χ3n) is 5.53. The first-order chi connectivity index (χ1) is 15.7. The quantitative estimate of drug-likeness (QED) is 0.0894. The van der Waals surface area contributed by atoms with Gasteiger partial charge in [-0.2, -0.15) is 0 Å². The van der Waals surface area contributed by atoms with Crippen LogP contribution in [0, 0.1) is 0 Å². The SMILES string of the molecule is CCCCC=CC=CC=CCCCCC(=O)CCC(=O)OCCCCCCCCCCC. The maximum absolute atomic E-state index is 11.9. The number of Topliss-reactive ketones (excluding diaryl/α,β-unsaturated/α-hetero) is 1. The number of carbonyl (C=O) groups excluding carboxylic acids is 2. The summed E-state index contributed by atoms with van der Waals surface area (Å²) in [5.74, 6) is -0.0532. The minimum absolute atomic E-state index is 0.172. The van der Waals surface area contributed by atoms with E-state index in [0.717, 1.165) is 38.5 Å². The lowest BCUT2D eigenvalue weighted by atomic mass is 10.1. The maximum atomic E-state index is 11.9. The van der Waals surface area contributed by atoms with Crippen LogP contribution in [0.25, 0.3) is 0 Å². The number of hydrogen-bond donors (Lipinski definition) is 0. The average Bonchev–Trinajstić information content (AvgIpc) is 2.79. The molecule has 0 aliphatic carbocycles. The van der Waals surface area contributed by atoms with Gasteiger partial charge in [-0.15, -0.1) is 0 Å². The van der Waals surface area contributed by atoms with E-state index in [2.05, 4.69) is 44.2 Å². The zero-order chi connectivity index (χ0) is 23.5. The molecule has 0 saturated heterocycles. The molecule has 0 aromatic carbocycles. The van der Waals surface area contributed by atoms with Crippen LogP contribution in [0.1, 0.15) is 129 Å². The molecule has 3 nitrogen and oxygen atoms in total. The largest absolute Gasteiger partial charge is 0.466 e. The molecule has 0 radical (unpaired) electrons. The van der Waals surface area contributed by atoms with Gasteiger partial charge in [-0.25, -0.2) is 0 Å². The fraction of sp³-hybridized carbons (Fsp3) is 0.724. The van der Waals surface area contributed by atoms with E-state index in [1.165, 1.54) is 57.8 Å². The molecule has 32 heavy (non-hydrogen) atoms. The lowest BCUT2D eigenvalue weighted by Crippen LogP contribution is -2.09. The third kappa shape index (κ3) is 24.6. The predicted octanol–water partition coefficient (Wildman–Crippen LogP) is 8.83. The maximum Gasteiger partial charge on any atom is 0.306 e. The molecule has 0 aliphatic heterocycles. The van der Waals surface area contributed by atoms with Gasteiger partial charge in [0.1, 0.15) is 5.78 Å². The molecule has 0 N–H and O–H groups in total. The Bertz CT molecular complexity index is 516. The second-order valence-electron chi connectivity index (χ2n) is 8.72. The van der Waals surface area contributed by atoms with Crippen LogP contribution in [0.3, 0.4) is 0 Å². The van der Waals surface area contributed by atoms with Crippen LogP contribution in [0.5, 0.6) is 0 Å². The van der Waals surface area contributed by atoms with Crippen LogP contribution in [0.4, 0.5) is 0 Å². The van der Waals surface area contributed by atoms with Crippen molar-refractivity contribution in [2.24, 2.45) is 0 Å². The van der Waals surface area contributed by atoms with E-state index in [4.69, 9.17) is 4.74 Å². The summed E-state index contributed by atoms with van der Waals surface area (Å²) in [5.41, 5.74) is 0. The summed E-state index contributed by atoms with van der Waals surface area (Å²) in [6.07, 6.45) is 31.5. The van der Waals surface area contributed by atoms with Crippen LogP contribution < -0.4 is 0 Å². The fourth-order valence-corrected chi connectivity index (χ4v) is 3.42. The molecular formula is C29H50O3. The Labute approximate surface area is 198 Å². The summed E-state index contributed by atoms with van der Waals surface area (Å²) in [6, 6.07) is 0. The lowest BCUT2D eigenvalue weighted by Gasteiger charge is -2.05. The highest BCUT2D eigenvalue weighted by molar-refractivity contribution is 5.82. The van der Waals surface area contributed by atoms with Gasteiger partial charge in [0.2, 0.25) is 0 Å². The van der Waals surface area contributed by atoms with Crippen molar-refractivity contribution >= 4 is 11.8 Å². The summed E-state index contributed by atoms with van der Waals surface area (Å²) in [7, 11) is 0. The van der Waals surface area contributed by atoms with Crippen molar-refractivity contribution in [3.05, 3.63) is 36.5 Å². The van der Waals surface area contributed by atoms with E-state index in [0.29, 0.717) is 19.4 Å². The molecule has 0 heterocycles. The van der Waals surface area contributed by atoms with E-state index in [1.54, 1.807) is 0 Å². The number of hydrogen-bond acceptors (Lipinski definition) is 3. The topological polar surface area (TPSA) is 43.4 Å². The van der Waals surface area contributed by atoms with Crippen molar-refractivity contribution in [2.45, 2.75) is 129 Å². The molecular weight excluding hydrogens is 396 g/mol. The van der Waals surface area contributed by atoms with Crippen molar-refractivity contribution in [1.29, 1.82) is 0 Å². The van der Waals surface area contributed by atoms with Gasteiger partial charge in [0.05, 0.1) is 13.0 Å². The number of ether oxygens (including phenoxy) is 1. The Balaban J connectivity index is 3.47. The number of unbranched alkanes of at least 4 members (excludes halogenated alkanes) is 12. The summed E-state index contributed by atoms with van der Waals surface area (Å²) < 4.78 is 5.26. The van der Waals surface area contributed by atoms with Crippen LogP contribution in [-0.2, 0) is 14.3 Å². The van der Waals surface area contributed by atoms with Gasteiger partial charge >= 0.3 is 5.97 Å². The van der Waals surface area contributed by atoms with Gasteiger partial charge in [0, 0.05) is 12.8 Å². The monoisotopic (exact) mass is 446 g/mol. The number of ketones is 1. The zero-order valence-electron chi connectivity index (χ0n) is 21.1. The summed E-state index contributed by atoms with van der Waals surface area (Å²) in [6.45, 7) is 4.94. The first-order valence-corrected chi connectivity index (χ1v) is 13.4. The smallest absolute Gasteiger partial charge is 0.306 e. The highest BCUT2D eigenvalue weighted by Gasteiger charge is 2.07. The van der Waals surface area contributed by atoms with Crippen molar-refractivity contribution in [3.63, 3.8) is 0 Å². The Morgan fingerprint density at radius 2 is 1.12 bits per heavy atom. The van der Waals surface area contributed by atoms with Gasteiger partial charge in [0.15, 0.2) is 0 Å². The molecule has 0 unspecified atom stereocenters. The second-order valence-corrected chi connectivity index (χ2v) is 8.72. The van der Waals surface area contributed by atoms with Gasteiger partial charge in [-0.3, -0.25) is 9.59 Å². The Kier molecular flexibility index (Phi) is 24.3. The fourth-order valence-electron chi connectivity index (χ4n) is 3.42. The minimum Gasteiger partial charge on any atom is -0.466 e. The minimum atomic E-state index is -0.226. The molecule has 0 rings (SSSR count). The van der Waals surface area contributed by atoms with Crippen LogP contribution >= 0.6 is 0 Å². The van der Waals surface area contributed by atoms with E-state index in [1.807, 2.05) is 6.08 Å². The predicted molar refractivity (Wildman–Crippen MR) is 138 cm³/mol. The van der Waals surface area contributed by atoms with E-state index in [-0.39, 0.29) is 18.2 Å². The molecule has 0 amide bonds. The van der Waals surface area contributed by atoms with Gasteiger partial charge in [0.25, 0.3) is 0 Å². The lowest BCUT2D eigenvalue weighted by molar-refractivity contribution is -0.145. The van der Waals surface area contributed by atoms with Crippen LogP contribution in [0.15, 0.2) is 36.5 Å². The van der Waals surface area contributed by atoms with Gasteiger partial charge < -0.3 is 4.74 Å². The average molecular weight is 447 g/mol. The molecule has 0 saturated carbocycles. The molecule has 0 aromatic heterocycles. The standard InChI is InChI=1S/C29H50O3/c1-3-5-7-9-11-13-14-15-16-18-20-22-24-28(30)25-26-29(31)32-27-23-21-19-17-12-10-8-6-4-2/h9,11,13-16H,3-8,10,12,17-27H2,1-2H3. The number of rotatable bonds is 23. The summed E-state index contributed by atoms with van der Waals surface area (Å²) >= 11 is 0. The van der Waals surface area contributed by atoms with Crippen molar-refractivity contribution in [3.8, 4) is 0 Å². The summed E-state index contributed by atoms with van der Waals surface area (Å²) in [5, 5.41) is 0. The normalized spacial score (nSPS) is 11.8. The highest BCUT2D eigenvalue weighted by atomic mass is 16.5. The molecule has 0 aromatic rings. The second kappa shape index (κ2) is 25.6. The van der Waals surface area contributed by atoms with E-state index >= 15 is 0 Å². The van der Waals surface area contributed by atoms with Crippen LogP contribution in [0.2, 0.25) is 0 Å². The molecule has 3 heteroatoms. The van der Waals surface area contributed by atoms with Crippen molar-refractivity contribution in [1.82, 2.24) is 0 Å². The molecule has 0 atom stereocenters. The van der Waals surface area contributed by atoms with Crippen molar-refractivity contribution < 1.29 is 14.3 Å². The first kappa shape index (κ1) is 30.4. The third-order valence-corrected chi connectivity index (χ3v) is 5.53. The Morgan fingerprint density at radius 3 is 1.75 bits per heavy atom. The van der Waals surface area contributed by atoms with Gasteiger partial charge in [-0.1, -0.05) is 115 Å². The Hall–Kier alpha value is -1.64. The molecule has 0 bridgehead atoms. The molecule has 0 spiro atoms. The van der Waals surface area contributed by atoms with E-state index in [9.17, 15) is 9.59 Å². The highest BCUT2D eigenvalue weighted by Crippen LogP contribution is 2.10. The van der Waals surface area contributed by atoms with Crippen molar-refractivity contribution in [2.75, 3.05) is 6.61 Å². The summed E-state index contributed by atoms with van der Waals surface area (Å²) in [4.78, 5) is 23.7.